The van der Waals surface area contributed by atoms with E-state index in [1.54, 1.807) is 16.8 Å². The average Bonchev–Trinajstić information content (AvgIpc) is 3.73. The number of imide groups is 1. The van der Waals surface area contributed by atoms with Gasteiger partial charge in [0.05, 0.1) is 6.20 Å². The van der Waals surface area contributed by atoms with Crippen molar-refractivity contribution in [2.45, 2.75) is 38.1 Å². The molecule has 3 N–H and O–H groups in total. The zero-order chi connectivity index (χ0) is 22.5. The standard InChI is InChI=1S/C22H26N8O3/c31-19(9-13-1-2-13)29-7-5-28(6-8-29)17-11-18(24-15-3-4-15)30-20(26-17)14(12-23-30)10-16-21(32)27-22(33)25-16/h10-13,15,24H,1-9H2,(H2,25,27,32,33)/b16-10+. The van der Waals surface area contributed by atoms with E-state index in [1.165, 1.54) is 12.8 Å². The monoisotopic (exact) mass is 450 g/mol. The molecule has 2 aromatic rings. The predicted molar refractivity (Wildman–Crippen MR) is 120 cm³/mol. The van der Waals surface area contributed by atoms with Gasteiger partial charge in [-0.1, -0.05) is 0 Å². The lowest BCUT2D eigenvalue weighted by atomic mass is 10.2. The Morgan fingerprint density at radius 2 is 1.91 bits per heavy atom. The third kappa shape index (κ3) is 4.10. The molecule has 2 saturated carbocycles. The molecule has 0 spiro atoms. The lowest BCUT2D eigenvalue weighted by Gasteiger charge is -2.35. The van der Waals surface area contributed by atoms with E-state index >= 15 is 0 Å². The van der Waals surface area contributed by atoms with Gasteiger partial charge < -0.3 is 20.4 Å². The lowest BCUT2D eigenvalue weighted by molar-refractivity contribution is -0.131. The summed E-state index contributed by atoms with van der Waals surface area (Å²) in [4.78, 5) is 44.9. The summed E-state index contributed by atoms with van der Waals surface area (Å²) in [6, 6.07) is 1.88. The maximum Gasteiger partial charge on any atom is 0.326 e. The highest BCUT2D eigenvalue weighted by Crippen LogP contribution is 2.33. The van der Waals surface area contributed by atoms with Crippen LogP contribution < -0.4 is 20.9 Å². The van der Waals surface area contributed by atoms with E-state index < -0.39 is 11.9 Å². The van der Waals surface area contributed by atoms with Crippen molar-refractivity contribution in [1.29, 1.82) is 0 Å². The molecule has 4 amide bonds. The number of nitrogens with one attached hydrogen (secondary N) is 3. The van der Waals surface area contributed by atoms with Crippen LogP contribution in [-0.4, -0.2) is 69.6 Å². The summed E-state index contributed by atoms with van der Waals surface area (Å²) in [6.07, 6.45) is 8.51. The second-order valence-corrected chi connectivity index (χ2v) is 9.24. The minimum Gasteiger partial charge on any atom is -0.367 e. The number of anilines is 2. The molecule has 11 heteroatoms. The van der Waals surface area contributed by atoms with E-state index in [2.05, 4.69) is 25.9 Å². The summed E-state index contributed by atoms with van der Waals surface area (Å²) in [5, 5.41) is 12.7. The number of urea groups is 1. The first-order valence-corrected chi connectivity index (χ1v) is 11.6. The lowest BCUT2D eigenvalue weighted by Crippen LogP contribution is -2.49. The molecular weight excluding hydrogens is 424 g/mol. The van der Waals surface area contributed by atoms with Gasteiger partial charge in [0.25, 0.3) is 5.91 Å². The summed E-state index contributed by atoms with van der Waals surface area (Å²) >= 11 is 0. The molecule has 2 aliphatic heterocycles. The minimum absolute atomic E-state index is 0.168. The second kappa shape index (κ2) is 7.75. The van der Waals surface area contributed by atoms with Gasteiger partial charge in [0.1, 0.15) is 17.3 Å². The molecule has 0 aromatic carbocycles. The minimum atomic E-state index is -0.540. The van der Waals surface area contributed by atoms with Crippen molar-refractivity contribution in [3.63, 3.8) is 0 Å². The summed E-state index contributed by atoms with van der Waals surface area (Å²) in [6.45, 7) is 2.80. The Morgan fingerprint density at radius 3 is 2.58 bits per heavy atom. The normalized spacial score (nSPS) is 22.1. The van der Waals surface area contributed by atoms with Crippen LogP contribution in [-0.2, 0) is 9.59 Å². The van der Waals surface area contributed by atoms with Crippen molar-refractivity contribution in [2.24, 2.45) is 5.92 Å². The largest absolute Gasteiger partial charge is 0.367 e. The van der Waals surface area contributed by atoms with Crippen LogP contribution in [0, 0.1) is 5.92 Å². The zero-order valence-electron chi connectivity index (χ0n) is 18.2. The number of aromatic nitrogens is 3. The first-order chi connectivity index (χ1) is 16.0. The summed E-state index contributed by atoms with van der Waals surface area (Å²) in [7, 11) is 0. The quantitative estimate of drug-likeness (QED) is 0.442. The number of piperazine rings is 1. The van der Waals surface area contributed by atoms with Crippen LogP contribution in [0.3, 0.4) is 0 Å². The van der Waals surface area contributed by atoms with E-state index in [0.29, 0.717) is 55.8 Å². The molecule has 172 valence electrons. The topological polar surface area (TPSA) is 124 Å². The number of carbonyl (C=O) groups excluding carboxylic acids is 3. The molecule has 0 bridgehead atoms. The number of fused-ring (bicyclic) bond motifs is 1. The van der Waals surface area contributed by atoms with Gasteiger partial charge in [-0.25, -0.2) is 9.78 Å². The first kappa shape index (κ1) is 20.0. The first-order valence-electron chi connectivity index (χ1n) is 11.6. The Morgan fingerprint density at radius 1 is 1.12 bits per heavy atom. The Kier molecular flexibility index (Phi) is 4.70. The van der Waals surface area contributed by atoms with Gasteiger partial charge in [0.2, 0.25) is 5.91 Å². The van der Waals surface area contributed by atoms with E-state index in [9.17, 15) is 14.4 Å². The van der Waals surface area contributed by atoms with Gasteiger partial charge in [-0.3, -0.25) is 14.9 Å². The van der Waals surface area contributed by atoms with Crippen molar-refractivity contribution in [2.75, 3.05) is 36.4 Å². The smallest absolute Gasteiger partial charge is 0.326 e. The Balaban J connectivity index is 1.28. The summed E-state index contributed by atoms with van der Waals surface area (Å²) < 4.78 is 1.73. The van der Waals surface area contributed by atoms with Gasteiger partial charge >= 0.3 is 6.03 Å². The number of hydrogen-bond donors (Lipinski definition) is 3. The molecule has 33 heavy (non-hydrogen) atoms. The fourth-order valence-corrected chi connectivity index (χ4v) is 4.29. The van der Waals surface area contributed by atoms with Crippen molar-refractivity contribution >= 4 is 41.2 Å². The van der Waals surface area contributed by atoms with Gasteiger partial charge in [-0.2, -0.15) is 9.61 Å². The molecule has 6 rings (SSSR count). The Bertz CT molecular complexity index is 1170. The Hall–Kier alpha value is -3.63. The molecule has 0 atom stereocenters. The van der Waals surface area contributed by atoms with Crippen molar-refractivity contribution < 1.29 is 14.4 Å². The number of amides is 4. The molecule has 4 fully saturated rings. The van der Waals surface area contributed by atoms with Crippen LogP contribution in [0.2, 0.25) is 0 Å². The molecule has 0 radical (unpaired) electrons. The molecule has 2 saturated heterocycles. The molecule has 4 aliphatic rings. The fraction of sp³-hybridized carbons (Fsp3) is 0.500. The van der Waals surface area contributed by atoms with Crippen molar-refractivity contribution in [1.82, 2.24) is 30.1 Å². The number of hydrogen-bond acceptors (Lipinski definition) is 7. The third-order valence-corrected chi connectivity index (χ3v) is 6.55. The van der Waals surface area contributed by atoms with Crippen LogP contribution in [0.1, 0.15) is 37.7 Å². The SMILES string of the molecule is O=C1NC(=O)/C(=C\c2cnn3c(NC4CC4)cc(N4CCN(C(=O)CC5CC5)CC4)nc23)N1. The van der Waals surface area contributed by atoms with E-state index in [4.69, 9.17) is 4.98 Å². The highest BCUT2D eigenvalue weighted by molar-refractivity contribution is 6.14. The molecular formula is C22H26N8O3. The predicted octanol–water partition coefficient (Wildman–Crippen LogP) is 0.933. The highest BCUT2D eigenvalue weighted by atomic mass is 16.2. The average molecular weight is 451 g/mol. The van der Waals surface area contributed by atoms with Gasteiger partial charge in [0, 0.05) is 50.3 Å². The third-order valence-electron chi connectivity index (χ3n) is 6.55. The molecule has 2 aliphatic carbocycles. The number of carbonyl (C=O) groups is 3. The van der Waals surface area contributed by atoms with Crippen LogP contribution >= 0.6 is 0 Å². The van der Waals surface area contributed by atoms with Crippen LogP contribution in [0.5, 0.6) is 0 Å². The molecule has 2 aromatic heterocycles. The van der Waals surface area contributed by atoms with Crippen LogP contribution in [0.25, 0.3) is 11.7 Å². The van der Waals surface area contributed by atoms with Crippen molar-refractivity contribution in [3.8, 4) is 0 Å². The van der Waals surface area contributed by atoms with E-state index in [0.717, 1.165) is 24.5 Å². The molecule has 4 heterocycles. The van der Waals surface area contributed by atoms with Gasteiger partial charge in [0.15, 0.2) is 5.65 Å². The molecule has 0 unspecified atom stereocenters. The summed E-state index contributed by atoms with van der Waals surface area (Å²) in [5.41, 5.74) is 1.41. The van der Waals surface area contributed by atoms with Crippen LogP contribution in [0.4, 0.5) is 16.4 Å². The fourth-order valence-electron chi connectivity index (χ4n) is 4.29. The van der Waals surface area contributed by atoms with Crippen LogP contribution in [0.15, 0.2) is 18.0 Å². The maximum atomic E-state index is 12.5. The summed E-state index contributed by atoms with van der Waals surface area (Å²) in [5.74, 6) is 2.03. The second-order valence-electron chi connectivity index (χ2n) is 9.24. The Labute approximate surface area is 190 Å². The number of rotatable bonds is 6. The number of nitrogens with zero attached hydrogens (tertiary/aromatic N) is 5. The molecule has 11 nitrogen and oxygen atoms in total. The highest BCUT2D eigenvalue weighted by Gasteiger charge is 2.30. The van der Waals surface area contributed by atoms with E-state index in [-0.39, 0.29) is 11.6 Å². The zero-order valence-corrected chi connectivity index (χ0v) is 18.2. The van der Waals surface area contributed by atoms with Gasteiger partial charge in [-0.15, -0.1) is 0 Å². The van der Waals surface area contributed by atoms with E-state index in [1.807, 2.05) is 11.0 Å². The van der Waals surface area contributed by atoms with Gasteiger partial charge in [-0.05, 0) is 37.7 Å². The van der Waals surface area contributed by atoms with Crippen molar-refractivity contribution in [3.05, 3.63) is 23.5 Å². The maximum absolute atomic E-state index is 12.5.